The van der Waals surface area contributed by atoms with Crippen LogP contribution in [0.2, 0.25) is 0 Å². The van der Waals surface area contributed by atoms with Crippen LogP contribution in [0, 0.1) is 29.4 Å². The van der Waals surface area contributed by atoms with Gasteiger partial charge in [-0.1, -0.05) is 42.0 Å². The summed E-state index contributed by atoms with van der Waals surface area (Å²) in [7, 11) is 3.14. The topological polar surface area (TPSA) is 113 Å². The van der Waals surface area contributed by atoms with E-state index in [1.54, 1.807) is 56.7 Å². The predicted molar refractivity (Wildman–Crippen MR) is 202 cm³/mol. The molecule has 0 aromatic heterocycles. The number of nitrogens with zero attached hydrogens (tertiary/aromatic N) is 2. The second-order valence-corrected chi connectivity index (χ2v) is 15.2. The number of carbonyl (C=O) groups is 4. The van der Waals surface area contributed by atoms with Crippen molar-refractivity contribution in [3.8, 4) is 17.2 Å². The summed E-state index contributed by atoms with van der Waals surface area (Å²) in [5, 5.41) is 10.0. The molecule has 4 aromatic rings. The fraction of sp³-hybridized carbons (Fsp3) is 0.238. The lowest BCUT2D eigenvalue weighted by Crippen LogP contribution is -2.60. The number of ether oxygens (including phenoxy) is 2. The molecule has 4 aromatic carbocycles. The Balaban J connectivity index is 1.15. The Bertz CT molecular complexity index is 2350. The zero-order chi connectivity index (χ0) is 39.0. The third kappa shape index (κ3) is 5.46. The number of methoxy groups -OCH3 is 2. The molecule has 2 aliphatic carbocycles. The van der Waals surface area contributed by atoms with Gasteiger partial charge in [-0.3, -0.25) is 24.1 Å². The van der Waals surface area contributed by atoms with Crippen LogP contribution >= 0.6 is 23.2 Å². The Morgan fingerprint density at radius 2 is 1.47 bits per heavy atom. The van der Waals surface area contributed by atoms with Gasteiger partial charge in [0.05, 0.1) is 37.4 Å². The summed E-state index contributed by atoms with van der Waals surface area (Å²) in [4.78, 5) is 54.9. The van der Waals surface area contributed by atoms with E-state index in [1.165, 1.54) is 18.2 Å². The number of hydrogen-bond acceptors (Lipinski definition) is 7. The van der Waals surface area contributed by atoms with Crippen molar-refractivity contribution < 1.29 is 42.5 Å². The molecular weight excluding hydrogens is 753 g/mol. The van der Waals surface area contributed by atoms with E-state index in [9.17, 15) is 28.7 Å². The monoisotopic (exact) mass is 784 g/mol. The quantitative estimate of drug-likeness (QED) is 0.0888. The molecule has 4 amide bonds. The van der Waals surface area contributed by atoms with Gasteiger partial charge in [-0.2, -0.15) is 0 Å². The Kier molecular flexibility index (Phi) is 8.85. The zero-order valence-electron chi connectivity index (χ0n) is 29.3. The largest absolute Gasteiger partial charge is 0.505 e. The molecule has 13 heteroatoms. The molecule has 0 radical (unpaired) electrons. The van der Waals surface area contributed by atoms with Crippen LogP contribution in [0.1, 0.15) is 35.4 Å². The number of alkyl halides is 2. The summed E-state index contributed by atoms with van der Waals surface area (Å²) in [6.07, 6.45) is 5.25. The van der Waals surface area contributed by atoms with E-state index in [0.29, 0.717) is 22.8 Å². The highest BCUT2D eigenvalue weighted by Gasteiger charge is 2.76. The lowest BCUT2D eigenvalue weighted by Gasteiger charge is -2.50. The van der Waals surface area contributed by atoms with Crippen molar-refractivity contribution in [3.05, 3.63) is 125 Å². The number of benzene rings is 4. The first kappa shape index (κ1) is 36.5. The van der Waals surface area contributed by atoms with Crippen molar-refractivity contribution in [2.24, 2.45) is 17.8 Å². The molecule has 0 unspecified atom stereocenters. The highest BCUT2D eigenvalue weighted by molar-refractivity contribution is 6.58. The first-order valence-electron chi connectivity index (χ1n) is 17.4. The van der Waals surface area contributed by atoms with Gasteiger partial charge in [-0.05, 0) is 96.6 Å². The summed E-state index contributed by atoms with van der Waals surface area (Å²) in [5.74, 6) is -7.62. The van der Waals surface area contributed by atoms with Crippen LogP contribution in [0.5, 0.6) is 17.2 Å². The van der Waals surface area contributed by atoms with Crippen molar-refractivity contribution >= 4 is 70.4 Å². The predicted octanol–water partition coefficient (Wildman–Crippen LogP) is 7.63. The number of hydrogen-bond donors (Lipinski definition) is 1. The summed E-state index contributed by atoms with van der Waals surface area (Å²) in [6, 6.07) is 20.4. The Morgan fingerprint density at radius 3 is 2.15 bits per heavy atom. The molecule has 0 bridgehead atoms. The highest BCUT2D eigenvalue weighted by Crippen LogP contribution is 2.66. The average Bonchev–Trinajstić information content (AvgIpc) is 3.52. The number of phenols is 1. The highest BCUT2D eigenvalue weighted by atomic mass is 35.5. The fourth-order valence-corrected chi connectivity index (χ4v) is 9.56. The van der Waals surface area contributed by atoms with Crippen molar-refractivity contribution in [3.63, 3.8) is 0 Å². The van der Waals surface area contributed by atoms with Gasteiger partial charge >= 0.3 is 0 Å². The molecule has 3 fully saturated rings. The fourth-order valence-electron chi connectivity index (χ4n) is 8.62. The van der Waals surface area contributed by atoms with Crippen LogP contribution in [0.25, 0.3) is 12.2 Å². The molecular formula is C42H32Cl2F2N2O7. The van der Waals surface area contributed by atoms with Crippen LogP contribution in [0.4, 0.5) is 20.2 Å². The number of carbonyl (C=O) groups excluding carboxylic acids is 4. The summed E-state index contributed by atoms with van der Waals surface area (Å²) < 4.78 is 39.7. The van der Waals surface area contributed by atoms with E-state index in [1.807, 2.05) is 18.2 Å². The molecule has 2 aliphatic heterocycles. The van der Waals surface area contributed by atoms with Gasteiger partial charge in [0.1, 0.15) is 17.3 Å². The zero-order valence-corrected chi connectivity index (χ0v) is 30.9. The molecule has 9 nitrogen and oxygen atoms in total. The summed E-state index contributed by atoms with van der Waals surface area (Å²) in [5.41, 5.74) is 2.52. The first-order chi connectivity index (χ1) is 26.3. The number of imide groups is 2. The molecule has 2 heterocycles. The third-order valence-electron chi connectivity index (χ3n) is 11.2. The Hall–Kier alpha value is -5.52. The van der Waals surface area contributed by atoms with Gasteiger partial charge < -0.3 is 14.6 Å². The number of amides is 4. The second-order valence-electron chi connectivity index (χ2n) is 14.0. The van der Waals surface area contributed by atoms with Gasteiger partial charge in [-0.15, -0.1) is 23.2 Å². The van der Waals surface area contributed by atoms with Gasteiger partial charge in [0.2, 0.25) is 11.8 Å². The van der Waals surface area contributed by atoms with Crippen molar-refractivity contribution in [1.29, 1.82) is 0 Å². The van der Waals surface area contributed by atoms with Gasteiger partial charge in [0, 0.05) is 11.5 Å². The normalized spacial score (nSPS) is 27.3. The molecule has 280 valence electrons. The maximum atomic E-state index is 15.0. The van der Waals surface area contributed by atoms with Gasteiger partial charge in [0.15, 0.2) is 21.3 Å². The smallest absolute Gasteiger partial charge is 0.258 e. The molecule has 6 atom stereocenters. The summed E-state index contributed by atoms with van der Waals surface area (Å²) in [6.45, 7) is 0. The van der Waals surface area contributed by atoms with E-state index in [2.05, 4.69) is 0 Å². The molecule has 1 saturated carbocycles. The Labute approximate surface area is 324 Å². The van der Waals surface area contributed by atoms with E-state index >= 15 is 4.39 Å². The maximum Gasteiger partial charge on any atom is 0.258 e. The van der Waals surface area contributed by atoms with E-state index < -0.39 is 74.4 Å². The second kappa shape index (κ2) is 13.3. The van der Waals surface area contributed by atoms with Crippen LogP contribution in [0.3, 0.4) is 0 Å². The van der Waals surface area contributed by atoms with Crippen molar-refractivity contribution in [2.75, 3.05) is 24.0 Å². The van der Waals surface area contributed by atoms with Crippen LogP contribution in [-0.4, -0.2) is 52.7 Å². The Morgan fingerprint density at radius 1 is 0.782 bits per heavy atom. The van der Waals surface area contributed by atoms with E-state index in [-0.39, 0.29) is 24.1 Å². The van der Waals surface area contributed by atoms with E-state index in [0.717, 1.165) is 45.2 Å². The van der Waals surface area contributed by atoms with Crippen LogP contribution in [-0.2, 0) is 19.2 Å². The summed E-state index contributed by atoms with van der Waals surface area (Å²) >= 11 is 14.7. The molecule has 8 rings (SSSR count). The number of phenolic OH excluding ortho intramolecular Hbond substituents is 1. The standard InChI is InChI=1S/C42H32Cl2F2N2O7/c1-54-28-14-18-34(55-2)23(19-28)6-3-22-4-10-26(11-5-22)47-37(50)30-16-15-29-31(35(30)38(47)51)21-41(43)39(52)48(27-12-8-25(45)9-13-27)40(53)42(41,44)36(29)24-7-17-33(49)32(46)20-24/h3-15,17-20,30-31,35-36,49H,16,21H2,1-2H3/t30-,31+,35-,36-,41+,42-/m0/s1. The first-order valence-corrected chi connectivity index (χ1v) is 18.2. The number of rotatable bonds is 7. The lowest BCUT2D eigenvalue weighted by atomic mass is 9.56. The molecule has 0 spiro atoms. The molecule has 55 heavy (non-hydrogen) atoms. The van der Waals surface area contributed by atoms with Crippen molar-refractivity contribution in [2.45, 2.75) is 28.5 Å². The number of fused-ring (bicyclic) bond motifs is 4. The maximum absolute atomic E-state index is 15.0. The number of anilines is 2. The minimum absolute atomic E-state index is 0.0236. The molecule has 1 N–H and O–H groups in total. The van der Waals surface area contributed by atoms with Gasteiger partial charge in [0.25, 0.3) is 11.8 Å². The van der Waals surface area contributed by atoms with Gasteiger partial charge in [-0.25, -0.2) is 13.7 Å². The van der Waals surface area contributed by atoms with Crippen molar-refractivity contribution in [1.82, 2.24) is 0 Å². The number of allylic oxidation sites excluding steroid dienone is 2. The molecule has 2 saturated heterocycles. The van der Waals surface area contributed by atoms with Crippen LogP contribution < -0.4 is 19.3 Å². The number of halogens is 4. The van der Waals surface area contributed by atoms with Crippen LogP contribution in [0.15, 0.2) is 96.6 Å². The lowest BCUT2D eigenvalue weighted by molar-refractivity contribution is -0.125. The minimum atomic E-state index is -2.23. The SMILES string of the molecule is COc1ccc(OC)c(C=Cc2ccc(N3C(=O)[C@H]4[C@H](CC=C5[C@H]4C[C@@]4(Cl)C(=O)N(c6ccc(F)cc6)C(=O)[C@@]4(Cl)[C@H]5c4ccc(O)c(F)c4)C3=O)cc2)c1. The van der Waals surface area contributed by atoms with E-state index in [4.69, 9.17) is 32.7 Å². The number of aromatic hydroxyl groups is 1. The molecule has 4 aliphatic rings. The third-order valence-corrected chi connectivity index (χ3v) is 12.7. The average molecular weight is 786 g/mol. The minimum Gasteiger partial charge on any atom is -0.505 e.